The van der Waals surface area contributed by atoms with Crippen LogP contribution in [0.15, 0.2) is 42.6 Å². The highest BCUT2D eigenvalue weighted by Crippen LogP contribution is 2.29. The van der Waals surface area contributed by atoms with E-state index < -0.39 is 5.91 Å². The highest BCUT2D eigenvalue weighted by molar-refractivity contribution is 5.92. The van der Waals surface area contributed by atoms with Crippen molar-refractivity contribution in [3.05, 3.63) is 53.9 Å². The van der Waals surface area contributed by atoms with Gasteiger partial charge in [0.05, 0.1) is 13.2 Å². The number of aromatic nitrogens is 1. The molecule has 7 heteroatoms. The number of hydrogen-bond donors (Lipinski definition) is 1. The van der Waals surface area contributed by atoms with E-state index in [1.54, 1.807) is 30.4 Å². The molecule has 0 unspecified atom stereocenters. The fourth-order valence-electron chi connectivity index (χ4n) is 3.20. The van der Waals surface area contributed by atoms with Crippen molar-refractivity contribution in [1.29, 1.82) is 0 Å². The molecule has 3 rings (SSSR count). The van der Waals surface area contributed by atoms with Crippen molar-refractivity contribution in [2.45, 2.75) is 19.5 Å². The maximum absolute atomic E-state index is 12.6. The highest BCUT2D eigenvalue weighted by Gasteiger charge is 2.25. The van der Waals surface area contributed by atoms with Crippen molar-refractivity contribution in [2.75, 3.05) is 20.3 Å². The third-order valence-corrected chi connectivity index (χ3v) is 4.60. The van der Waals surface area contributed by atoms with Crippen molar-refractivity contribution < 1.29 is 19.1 Å². The van der Waals surface area contributed by atoms with Crippen LogP contribution in [-0.4, -0.2) is 41.5 Å². The summed E-state index contributed by atoms with van der Waals surface area (Å²) in [6.07, 6.45) is 5.34. The summed E-state index contributed by atoms with van der Waals surface area (Å²) in [5, 5.41) is 0. The van der Waals surface area contributed by atoms with E-state index in [0.29, 0.717) is 18.0 Å². The lowest BCUT2D eigenvalue weighted by atomic mass is 10.1. The van der Waals surface area contributed by atoms with E-state index >= 15 is 0 Å². The molecule has 0 radical (unpaired) electrons. The number of amides is 2. The molecule has 0 saturated carbocycles. The zero-order valence-electron chi connectivity index (χ0n) is 15.4. The summed E-state index contributed by atoms with van der Waals surface area (Å²) in [5.74, 6) is 0.289. The van der Waals surface area contributed by atoms with Crippen LogP contribution >= 0.6 is 0 Å². The molecule has 1 aromatic carbocycles. The molecule has 1 aliphatic heterocycles. The standard InChI is InChI=1S/C20H23N3O4/c1-14-16-4-3-9-22(16)10-11-23(14)20(25)8-6-15-5-7-17(18(12-15)26-2)27-13-19(21)24/h3-9,12,14H,10-11,13H2,1-2H3,(H2,21,24)/b8-6+/t14-/m1/s1. The minimum atomic E-state index is -0.562. The number of fused-ring (bicyclic) bond motifs is 1. The average molecular weight is 369 g/mol. The SMILES string of the molecule is COc1cc(/C=C/C(=O)N2CCn3cccc3[C@H]2C)ccc1OCC(N)=O. The number of ether oxygens (including phenoxy) is 2. The third-order valence-electron chi connectivity index (χ3n) is 4.60. The summed E-state index contributed by atoms with van der Waals surface area (Å²) in [7, 11) is 1.51. The maximum atomic E-state index is 12.6. The molecule has 1 aliphatic rings. The van der Waals surface area contributed by atoms with Gasteiger partial charge >= 0.3 is 0 Å². The molecule has 2 aromatic rings. The summed E-state index contributed by atoms with van der Waals surface area (Å²) >= 11 is 0. The summed E-state index contributed by atoms with van der Waals surface area (Å²) in [4.78, 5) is 25.3. The molecule has 1 aromatic heterocycles. The first-order valence-electron chi connectivity index (χ1n) is 8.72. The Bertz CT molecular complexity index is 872. The Morgan fingerprint density at radius 3 is 2.81 bits per heavy atom. The van der Waals surface area contributed by atoms with Gasteiger partial charge in [-0.1, -0.05) is 6.07 Å². The largest absolute Gasteiger partial charge is 0.493 e. The molecule has 7 nitrogen and oxygen atoms in total. The molecule has 1 atom stereocenters. The van der Waals surface area contributed by atoms with E-state index in [2.05, 4.69) is 4.57 Å². The topological polar surface area (TPSA) is 86.8 Å². The van der Waals surface area contributed by atoms with Crippen molar-refractivity contribution in [2.24, 2.45) is 5.73 Å². The highest BCUT2D eigenvalue weighted by atomic mass is 16.5. The molecule has 0 aliphatic carbocycles. The van der Waals surface area contributed by atoms with E-state index in [-0.39, 0.29) is 18.6 Å². The number of methoxy groups -OCH3 is 1. The van der Waals surface area contributed by atoms with Crippen LogP contribution in [0.5, 0.6) is 11.5 Å². The number of hydrogen-bond acceptors (Lipinski definition) is 4. The molecule has 27 heavy (non-hydrogen) atoms. The Kier molecular flexibility index (Phi) is 5.49. The number of carbonyl (C=O) groups excluding carboxylic acids is 2. The first kappa shape index (κ1) is 18.6. The molecule has 2 amide bonds. The summed E-state index contributed by atoms with van der Waals surface area (Å²) < 4.78 is 12.8. The van der Waals surface area contributed by atoms with Crippen LogP contribution in [0.4, 0.5) is 0 Å². The number of rotatable bonds is 6. The van der Waals surface area contributed by atoms with E-state index in [1.807, 2.05) is 30.2 Å². The van der Waals surface area contributed by atoms with Crippen LogP contribution < -0.4 is 15.2 Å². The van der Waals surface area contributed by atoms with Gasteiger partial charge in [0.25, 0.3) is 5.91 Å². The minimum Gasteiger partial charge on any atom is -0.493 e. The molecule has 0 bridgehead atoms. The molecule has 2 N–H and O–H groups in total. The number of carbonyl (C=O) groups is 2. The lowest BCUT2D eigenvalue weighted by Crippen LogP contribution is -2.39. The van der Waals surface area contributed by atoms with Crippen molar-refractivity contribution in [3.63, 3.8) is 0 Å². The second-order valence-corrected chi connectivity index (χ2v) is 6.33. The average Bonchev–Trinajstić information content (AvgIpc) is 3.14. The smallest absolute Gasteiger partial charge is 0.255 e. The van der Waals surface area contributed by atoms with Gasteiger partial charge in [0.15, 0.2) is 18.1 Å². The zero-order chi connectivity index (χ0) is 19.4. The molecule has 142 valence electrons. The van der Waals surface area contributed by atoms with Crippen LogP contribution in [0.3, 0.4) is 0 Å². The first-order valence-corrected chi connectivity index (χ1v) is 8.72. The van der Waals surface area contributed by atoms with Crippen molar-refractivity contribution >= 4 is 17.9 Å². The van der Waals surface area contributed by atoms with Crippen LogP contribution in [-0.2, 0) is 16.1 Å². The van der Waals surface area contributed by atoms with Gasteiger partial charge < -0.3 is 24.7 Å². The van der Waals surface area contributed by atoms with Gasteiger partial charge in [0.1, 0.15) is 0 Å². The van der Waals surface area contributed by atoms with E-state index in [0.717, 1.165) is 17.8 Å². The predicted octanol–water partition coefficient (Wildman–Crippen LogP) is 1.98. The third kappa shape index (κ3) is 4.13. The lowest BCUT2D eigenvalue weighted by Gasteiger charge is -2.34. The fraction of sp³-hybridized carbons (Fsp3) is 0.300. The zero-order valence-corrected chi connectivity index (χ0v) is 15.4. The molecular weight excluding hydrogens is 346 g/mol. The Morgan fingerprint density at radius 2 is 2.07 bits per heavy atom. The van der Waals surface area contributed by atoms with Crippen molar-refractivity contribution in [3.8, 4) is 11.5 Å². The van der Waals surface area contributed by atoms with Gasteiger partial charge in [-0.25, -0.2) is 0 Å². The first-order chi connectivity index (χ1) is 13.0. The lowest BCUT2D eigenvalue weighted by molar-refractivity contribution is -0.129. The normalized spacial score (nSPS) is 16.2. The number of benzene rings is 1. The van der Waals surface area contributed by atoms with Gasteiger partial charge in [-0.3, -0.25) is 9.59 Å². The molecular formula is C20H23N3O4. The minimum absolute atomic E-state index is 0.0324. The Morgan fingerprint density at radius 1 is 1.26 bits per heavy atom. The summed E-state index contributed by atoms with van der Waals surface area (Å²) in [5.41, 5.74) is 7.02. The molecule has 0 fully saturated rings. The van der Waals surface area contributed by atoms with Gasteiger partial charge in [-0.05, 0) is 42.8 Å². The second kappa shape index (κ2) is 7.99. The van der Waals surface area contributed by atoms with Gasteiger partial charge in [0, 0.05) is 31.1 Å². The summed E-state index contributed by atoms with van der Waals surface area (Å²) in [6, 6.07) is 9.29. The number of nitrogens with zero attached hydrogens (tertiary/aromatic N) is 2. The van der Waals surface area contributed by atoms with Crippen LogP contribution in [0.1, 0.15) is 24.2 Å². The number of nitrogens with two attached hydrogens (primary N) is 1. The van der Waals surface area contributed by atoms with E-state index in [4.69, 9.17) is 15.2 Å². The van der Waals surface area contributed by atoms with Crippen LogP contribution in [0.2, 0.25) is 0 Å². The second-order valence-electron chi connectivity index (χ2n) is 6.33. The molecule has 2 heterocycles. The Labute approximate surface area is 158 Å². The van der Waals surface area contributed by atoms with Crippen molar-refractivity contribution in [1.82, 2.24) is 9.47 Å². The van der Waals surface area contributed by atoms with Crippen LogP contribution in [0.25, 0.3) is 6.08 Å². The number of primary amides is 1. The van der Waals surface area contributed by atoms with Gasteiger partial charge in [-0.15, -0.1) is 0 Å². The van der Waals surface area contributed by atoms with Crippen LogP contribution in [0, 0.1) is 0 Å². The Balaban J connectivity index is 1.70. The summed E-state index contributed by atoms with van der Waals surface area (Å²) in [6.45, 7) is 3.28. The van der Waals surface area contributed by atoms with Gasteiger partial charge in [0.2, 0.25) is 5.91 Å². The predicted molar refractivity (Wildman–Crippen MR) is 101 cm³/mol. The van der Waals surface area contributed by atoms with Gasteiger partial charge in [-0.2, -0.15) is 0 Å². The molecule has 0 saturated heterocycles. The maximum Gasteiger partial charge on any atom is 0.255 e. The Hall–Kier alpha value is -3.22. The quantitative estimate of drug-likeness (QED) is 0.789. The fourth-order valence-corrected chi connectivity index (χ4v) is 3.20. The van der Waals surface area contributed by atoms with E-state index in [9.17, 15) is 9.59 Å². The molecule has 0 spiro atoms. The monoisotopic (exact) mass is 369 g/mol. The van der Waals surface area contributed by atoms with E-state index in [1.165, 1.54) is 7.11 Å².